The average molecular weight is 352 g/mol. The predicted molar refractivity (Wildman–Crippen MR) is 111 cm³/mol. The molecule has 0 atom stereocenters. The van der Waals surface area contributed by atoms with E-state index in [9.17, 15) is 4.79 Å². The molecular formula is C24H20N2O. The molecule has 0 amide bonds. The molecule has 0 radical (unpaired) electrons. The molecule has 2 aromatic heterocycles. The number of hydrogen-bond acceptors (Lipinski definition) is 1. The van der Waals surface area contributed by atoms with Gasteiger partial charge in [0.05, 0.1) is 0 Å². The molecule has 1 aliphatic carbocycles. The van der Waals surface area contributed by atoms with E-state index in [0.717, 1.165) is 63.3 Å². The second-order valence-electron chi connectivity index (χ2n) is 7.10. The molecule has 0 saturated heterocycles. The zero-order valence-electron chi connectivity index (χ0n) is 15.0. The number of Topliss-reactive ketones (excluding diaryl/α,β-unsaturated/α-hetero) is 1. The van der Waals surface area contributed by atoms with E-state index in [0.29, 0.717) is 0 Å². The summed E-state index contributed by atoms with van der Waals surface area (Å²) in [7, 11) is 0. The van der Waals surface area contributed by atoms with Crippen molar-refractivity contribution >= 4 is 39.7 Å². The van der Waals surface area contributed by atoms with Crippen LogP contribution in [0, 0.1) is 0 Å². The van der Waals surface area contributed by atoms with Crippen LogP contribution in [0.25, 0.3) is 34.0 Å². The summed E-state index contributed by atoms with van der Waals surface area (Å²) in [5, 5.41) is 2.32. The van der Waals surface area contributed by atoms with Gasteiger partial charge in [0.1, 0.15) is 0 Å². The van der Waals surface area contributed by atoms with Crippen molar-refractivity contribution in [3.05, 3.63) is 83.2 Å². The van der Waals surface area contributed by atoms with E-state index in [-0.39, 0.29) is 5.78 Å². The Morgan fingerprint density at radius 2 is 1.19 bits per heavy atom. The van der Waals surface area contributed by atoms with Gasteiger partial charge in [0.15, 0.2) is 5.78 Å². The van der Waals surface area contributed by atoms with Gasteiger partial charge in [-0.3, -0.25) is 4.79 Å². The van der Waals surface area contributed by atoms with Crippen LogP contribution in [0.5, 0.6) is 0 Å². The Hall–Kier alpha value is -3.33. The maximum absolute atomic E-state index is 13.1. The lowest BCUT2D eigenvalue weighted by molar-refractivity contribution is -0.112. The number of para-hydroxylation sites is 2. The van der Waals surface area contributed by atoms with E-state index in [2.05, 4.69) is 46.4 Å². The fourth-order valence-electron chi connectivity index (χ4n) is 3.98. The third-order valence-corrected chi connectivity index (χ3v) is 5.38. The highest BCUT2D eigenvalue weighted by Crippen LogP contribution is 2.31. The molecule has 0 unspecified atom stereocenters. The van der Waals surface area contributed by atoms with Gasteiger partial charge in [0, 0.05) is 56.5 Å². The largest absolute Gasteiger partial charge is 0.361 e. The lowest BCUT2D eigenvalue weighted by atomic mass is 9.87. The molecule has 3 nitrogen and oxygen atoms in total. The number of H-pyrrole nitrogens is 2. The van der Waals surface area contributed by atoms with Crippen LogP contribution in [0.15, 0.2) is 72.1 Å². The summed E-state index contributed by atoms with van der Waals surface area (Å²) < 4.78 is 0. The van der Waals surface area contributed by atoms with Gasteiger partial charge in [-0.25, -0.2) is 0 Å². The molecular weight excluding hydrogens is 332 g/mol. The van der Waals surface area contributed by atoms with Gasteiger partial charge in [-0.15, -0.1) is 0 Å². The molecule has 1 aliphatic rings. The Bertz CT molecular complexity index is 1130. The SMILES string of the molecule is O=C1/C(=C/c2c[nH]c3ccccc23)CCC/C1=C\c1c[nH]c2ccccc12. The number of nitrogens with one attached hydrogen (secondary N) is 2. The quantitative estimate of drug-likeness (QED) is 0.436. The Kier molecular flexibility index (Phi) is 3.79. The van der Waals surface area contributed by atoms with Crippen molar-refractivity contribution in [1.82, 2.24) is 9.97 Å². The topological polar surface area (TPSA) is 48.6 Å². The molecule has 5 rings (SSSR count). The van der Waals surface area contributed by atoms with Crippen molar-refractivity contribution in [2.75, 3.05) is 0 Å². The van der Waals surface area contributed by atoms with Crippen molar-refractivity contribution in [2.45, 2.75) is 19.3 Å². The van der Waals surface area contributed by atoms with Crippen LogP contribution in [0.4, 0.5) is 0 Å². The number of ketones is 1. The molecule has 0 aliphatic heterocycles. The van der Waals surface area contributed by atoms with Crippen LogP contribution in [0.1, 0.15) is 30.4 Å². The van der Waals surface area contributed by atoms with Gasteiger partial charge in [-0.05, 0) is 43.5 Å². The van der Waals surface area contributed by atoms with E-state index in [1.54, 1.807) is 0 Å². The number of carbonyl (C=O) groups excluding carboxylic acids is 1. The zero-order chi connectivity index (χ0) is 18.2. The Balaban J connectivity index is 1.52. The Labute approximate surface area is 157 Å². The average Bonchev–Trinajstić information content (AvgIpc) is 3.30. The van der Waals surface area contributed by atoms with Crippen LogP contribution < -0.4 is 0 Å². The minimum Gasteiger partial charge on any atom is -0.361 e. The number of rotatable bonds is 2. The number of hydrogen-bond donors (Lipinski definition) is 2. The molecule has 132 valence electrons. The minimum absolute atomic E-state index is 0.178. The third-order valence-electron chi connectivity index (χ3n) is 5.38. The van der Waals surface area contributed by atoms with Gasteiger partial charge in [-0.2, -0.15) is 0 Å². The summed E-state index contributed by atoms with van der Waals surface area (Å²) in [6, 6.07) is 16.4. The molecule has 1 saturated carbocycles. The van der Waals surface area contributed by atoms with Gasteiger partial charge >= 0.3 is 0 Å². The first kappa shape index (κ1) is 15.9. The number of fused-ring (bicyclic) bond motifs is 2. The van der Waals surface area contributed by atoms with Gasteiger partial charge in [0.2, 0.25) is 0 Å². The normalized spacial score (nSPS) is 18.1. The molecule has 2 N–H and O–H groups in total. The van der Waals surface area contributed by atoms with E-state index in [1.165, 1.54) is 0 Å². The summed E-state index contributed by atoms with van der Waals surface area (Å²) in [6.45, 7) is 0. The smallest absolute Gasteiger partial charge is 0.185 e. The first-order valence-corrected chi connectivity index (χ1v) is 9.38. The van der Waals surface area contributed by atoms with Crippen LogP contribution in [0.2, 0.25) is 0 Å². The molecule has 0 spiro atoms. The monoisotopic (exact) mass is 352 g/mol. The number of allylic oxidation sites excluding steroid dienone is 2. The lowest BCUT2D eigenvalue weighted by Crippen LogP contribution is -2.12. The highest BCUT2D eigenvalue weighted by Gasteiger charge is 2.21. The Morgan fingerprint density at radius 3 is 1.70 bits per heavy atom. The fraction of sp³-hybridized carbons (Fsp3) is 0.125. The maximum Gasteiger partial charge on any atom is 0.185 e. The highest BCUT2D eigenvalue weighted by molar-refractivity contribution is 6.15. The van der Waals surface area contributed by atoms with Crippen molar-refractivity contribution < 1.29 is 4.79 Å². The van der Waals surface area contributed by atoms with Crippen molar-refractivity contribution in [1.29, 1.82) is 0 Å². The maximum atomic E-state index is 13.1. The first-order chi connectivity index (χ1) is 13.3. The first-order valence-electron chi connectivity index (χ1n) is 9.38. The number of aromatic amines is 2. The second-order valence-corrected chi connectivity index (χ2v) is 7.10. The third kappa shape index (κ3) is 2.81. The summed E-state index contributed by atoms with van der Waals surface area (Å²) >= 11 is 0. The van der Waals surface area contributed by atoms with E-state index in [4.69, 9.17) is 0 Å². The minimum atomic E-state index is 0.178. The Morgan fingerprint density at radius 1 is 0.704 bits per heavy atom. The van der Waals surface area contributed by atoms with E-state index in [1.807, 2.05) is 36.7 Å². The molecule has 0 bridgehead atoms. The molecule has 2 heterocycles. The number of benzene rings is 2. The highest BCUT2D eigenvalue weighted by atomic mass is 16.1. The van der Waals surface area contributed by atoms with Crippen LogP contribution in [0.3, 0.4) is 0 Å². The van der Waals surface area contributed by atoms with E-state index >= 15 is 0 Å². The van der Waals surface area contributed by atoms with Gasteiger partial charge < -0.3 is 9.97 Å². The number of aromatic nitrogens is 2. The van der Waals surface area contributed by atoms with Gasteiger partial charge in [-0.1, -0.05) is 36.4 Å². The van der Waals surface area contributed by atoms with Crippen LogP contribution >= 0.6 is 0 Å². The number of carbonyl (C=O) groups is 1. The zero-order valence-corrected chi connectivity index (χ0v) is 15.0. The lowest BCUT2D eigenvalue weighted by Gasteiger charge is -2.16. The van der Waals surface area contributed by atoms with Crippen molar-refractivity contribution in [3.63, 3.8) is 0 Å². The molecule has 3 heteroatoms. The summed E-state index contributed by atoms with van der Waals surface area (Å²) in [5.74, 6) is 0.178. The molecule has 2 aromatic carbocycles. The van der Waals surface area contributed by atoms with Gasteiger partial charge in [0.25, 0.3) is 0 Å². The van der Waals surface area contributed by atoms with Crippen molar-refractivity contribution in [2.24, 2.45) is 0 Å². The second kappa shape index (κ2) is 6.44. The summed E-state index contributed by atoms with van der Waals surface area (Å²) in [5.41, 5.74) is 6.17. The fourth-order valence-corrected chi connectivity index (χ4v) is 3.98. The summed E-state index contributed by atoms with van der Waals surface area (Å²) in [4.78, 5) is 19.7. The van der Waals surface area contributed by atoms with E-state index < -0.39 is 0 Å². The van der Waals surface area contributed by atoms with Crippen LogP contribution in [-0.4, -0.2) is 15.8 Å². The van der Waals surface area contributed by atoms with Crippen molar-refractivity contribution in [3.8, 4) is 0 Å². The molecule has 1 fully saturated rings. The summed E-state index contributed by atoms with van der Waals surface area (Å²) in [6.07, 6.45) is 10.8. The van der Waals surface area contributed by atoms with Crippen LogP contribution in [-0.2, 0) is 4.79 Å². The standard InChI is InChI=1S/C24H20N2O/c27-24-16(12-18-14-25-22-10-3-1-8-20(18)22)6-5-7-17(24)13-19-15-26-23-11-4-2-9-21(19)23/h1-4,8-15,25-26H,5-7H2/b16-12+,17-13+. The molecule has 4 aromatic rings. The molecule has 27 heavy (non-hydrogen) atoms. The predicted octanol–water partition coefficient (Wildman–Crippen LogP) is 5.87.